The molecule has 1 aromatic heterocycles. The Kier molecular flexibility index (Phi) is 5.18. The van der Waals surface area contributed by atoms with Crippen molar-refractivity contribution < 1.29 is 9.53 Å². The highest BCUT2D eigenvalue weighted by atomic mass is 16.5. The summed E-state index contributed by atoms with van der Waals surface area (Å²) in [6.07, 6.45) is 1.26. The number of pyridine rings is 1. The molecule has 0 aliphatic heterocycles. The molecule has 4 heteroatoms. The van der Waals surface area contributed by atoms with Gasteiger partial charge in [-0.2, -0.15) is 0 Å². The van der Waals surface area contributed by atoms with E-state index in [2.05, 4.69) is 10.3 Å². The molecule has 24 heavy (non-hydrogen) atoms. The molecule has 122 valence electrons. The lowest BCUT2D eigenvalue weighted by molar-refractivity contribution is -0.132. The highest BCUT2D eigenvalue weighted by Crippen LogP contribution is 2.15. The second-order valence-corrected chi connectivity index (χ2v) is 5.65. The number of hydrogen-bond donors (Lipinski definition) is 1. The number of carbonyl (C=O) groups excluding carboxylic acids is 1. The molecule has 1 N–H and O–H groups in total. The van der Waals surface area contributed by atoms with Crippen molar-refractivity contribution in [1.82, 2.24) is 10.3 Å². The third kappa shape index (κ3) is 3.97. The molecule has 1 atom stereocenters. The number of nitrogens with one attached hydrogen (secondary N) is 1. The molecule has 1 amide bonds. The molecule has 2 aromatic carbocycles. The van der Waals surface area contributed by atoms with Crippen molar-refractivity contribution in [3.63, 3.8) is 0 Å². The summed E-state index contributed by atoms with van der Waals surface area (Å²) < 4.78 is 5.64. The molecule has 0 saturated carbocycles. The normalized spacial score (nSPS) is 12.0. The van der Waals surface area contributed by atoms with E-state index in [1.807, 2.05) is 60.7 Å². The zero-order valence-corrected chi connectivity index (χ0v) is 13.6. The number of amides is 1. The zero-order valence-electron chi connectivity index (χ0n) is 13.6. The lowest BCUT2D eigenvalue weighted by Crippen LogP contribution is -2.34. The first-order chi connectivity index (χ1) is 11.7. The molecule has 0 aliphatic carbocycles. The van der Waals surface area contributed by atoms with E-state index in [1.165, 1.54) is 0 Å². The van der Waals surface area contributed by atoms with Crippen LogP contribution >= 0.6 is 0 Å². The Morgan fingerprint density at radius 1 is 1.08 bits per heavy atom. The van der Waals surface area contributed by atoms with Gasteiger partial charge in [0.1, 0.15) is 6.10 Å². The summed E-state index contributed by atoms with van der Waals surface area (Å²) in [7, 11) is 0. The van der Waals surface area contributed by atoms with Crippen LogP contribution in [0.3, 0.4) is 0 Å². The second-order valence-electron chi connectivity index (χ2n) is 5.65. The molecule has 1 heterocycles. The summed E-state index contributed by atoms with van der Waals surface area (Å²) in [4.78, 5) is 16.6. The molecule has 4 nitrogen and oxygen atoms in total. The molecule has 0 bridgehead atoms. The molecule has 3 rings (SSSR count). The number of ether oxygens (including phenoxy) is 1. The van der Waals surface area contributed by atoms with E-state index in [9.17, 15) is 4.79 Å². The van der Waals surface area contributed by atoms with E-state index in [4.69, 9.17) is 4.74 Å². The summed E-state index contributed by atoms with van der Waals surface area (Å²) in [5.74, 6) is -0.126. The summed E-state index contributed by atoms with van der Waals surface area (Å²) in [6.45, 7) is 2.62. The van der Waals surface area contributed by atoms with Crippen molar-refractivity contribution in [2.45, 2.75) is 26.2 Å². The van der Waals surface area contributed by atoms with Crippen LogP contribution in [0.25, 0.3) is 10.9 Å². The van der Waals surface area contributed by atoms with Gasteiger partial charge in [0.25, 0.3) is 0 Å². The number of rotatable bonds is 6. The summed E-state index contributed by atoms with van der Waals surface area (Å²) in [5.41, 5.74) is 2.96. The summed E-state index contributed by atoms with van der Waals surface area (Å²) >= 11 is 0. The Hall–Kier alpha value is -2.72. The predicted molar refractivity (Wildman–Crippen MR) is 94.3 cm³/mol. The minimum Gasteiger partial charge on any atom is -0.364 e. The first kappa shape index (κ1) is 16.1. The molecule has 0 spiro atoms. The first-order valence-electron chi connectivity index (χ1n) is 8.00. The van der Waals surface area contributed by atoms with Gasteiger partial charge in [-0.25, -0.2) is 0 Å². The summed E-state index contributed by atoms with van der Waals surface area (Å²) in [5, 5.41) is 3.99. The van der Waals surface area contributed by atoms with Crippen LogP contribution < -0.4 is 5.32 Å². The molecule has 0 radical (unpaired) electrons. The molecular formula is C20H20N2O2. The fourth-order valence-electron chi connectivity index (χ4n) is 2.51. The Bertz CT molecular complexity index is 813. The van der Waals surface area contributed by atoms with Gasteiger partial charge in [-0.3, -0.25) is 9.78 Å². The van der Waals surface area contributed by atoms with Gasteiger partial charge >= 0.3 is 0 Å². The molecule has 1 unspecified atom stereocenters. The van der Waals surface area contributed by atoms with Gasteiger partial charge in [-0.1, -0.05) is 54.6 Å². The Balaban J connectivity index is 1.56. The average Bonchev–Trinajstić information content (AvgIpc) is 2.65. The fraction of sp³-hybridized carbons (Fsp3) is 0.200. The fourth-order valence-corrected chi connectivity index (χ4v) is 2.51. The van der Waals surface area contributed by atoms with Crippen LogP contribution in [0.1, 0.15) is 18.1 Å². The number of benzene rings is 2. The maximum atomic E-state index is 12.2. The highest BCUT2D eigenvalue weighted by Gasteiger charge is 2.13. The van der Waals surface area contributed by atoms with Gasteiger partial charge in [0.15, 0.2) is 0 Å². The lowest BCUT2D eigenvalue weighted by atomic mass is 10.1. The minimum absolute atomic E-state index is 0.126. The van der Waals surface area contributed by atoms with Gasteiger partial charge in [0.2, 0.25) is 5.91 Å². The van der Waals surface area contributed by atoms with Crippen LogP contribution in [0, 0.1) is 0 Å². The van der Waals surface area contributed by atoms with Crippen molar-refractivity contribution >= 4 is 16.8 Å². The van der Waals surface area contributed by atoms with Crippen LogP contribution in [-0.2, 0) is 22.7 Å². The second kappa shape index (κ2) is 7.70. The van der Waals surface area contributed by atoms with Gasteiger partial charge in [-0.15, -0.1) is 0 Å². The van der Waals surface area contributed by atoms with Crippen molar-refractivity contribution in [1.29, 1.82) is 0 Å². The number of nitrogens with zero attached hydrogens (tertiary/aromatic N) is 1. The highest BCUT2D eigenvalue weighted by molar-refractivity contribution is 5.83. The lowest BCUT2D eigenvalue weighted by Gasteiger charge is -2.14. The predicted octanol–water partition coefficient (Wildman–Crippen LogP) is 3.46. The smallest absolute Gasteiger partial charge is 0.249 e. The van der Waals surface area contributed by atoms with E-state index >= 15 is 0 Å². The quantitative estimate of drug-likeness (QED) is 0.757. The van der Waals surface area contributed by atoms with Crippen molar-refractivity contribution in [3.05, 3.63) is 78.0 Å². The van der Waals surface area contributed by atoms with Crippen molar-refractivity contribution in [2.24, 2.45) is 0 Å². The van der Waals surface area contributed by atoms with Crippen LogP contribution in [0.4, 0.5) is 0 Å². The number of carbonyl (C=O) groups is 1. The summed E-state index contributed by atoms with van der Waals surface area (Å²) in [6, 6.07) is 19.7. The number of hydrogen-bond acceptors (Lipinski definition) is 3. The number of fused-ring (bicyclic) bond motifs is 1. The Morgan fingerprint density at radius 3 is 2.71 bits per heavy atom. The van der Waals surface area contributed by atoms with Crippen LogP contribution in [-0.4, -0.2) is 17.0 Å². The zero-order chi connectivity index (χ0) is 16.8. The molecular weight excluding hydrogens is 300 g/mol. The first-order valence-corrected chi connectivity index (χ1v) is 8.00. The van der Waals surface area contributed by atoms with Gasteiger partial charge in [0.05, 0.1) is 12.1 Å². The third-order valence-electron chi connectivity index (χ3n) is 3.88. The van der Waals surface area contributed by atoms with Crippen LogP contribution in [0.5, 0.6) is 0 Å². The van der Waals surface area contributed by atoms with Crippen LogP contribution in [0.2, 0.25) is 0 Å². The van der Waals surface area contributed by atoms with E-state index < -0.39 is 6.10 Å². The van der Waals surface area contributed by atoms with E-state index in [0.29, 0.717) is 13.2 Å². The third-order valence-corrected chi connectivity index (χ3v) is 3.88. The van der Waals surface area contributed by atoms with Gasteiger partial charge in [0, 0.05) is 18.1 Å². The number of para-hydroxylation sites is 1. The topological polar surface area (TPSA) is 51.2 Å². The molecule has 0 saturated heterocycles. The van der Waals surface area contributed by atoms with Crippen molar-refractivity contribution in [3.8, 4) is 0 Å². The standard InChI is InChI=1S/C20H20N2O2/c1-15(24-14-16-7-3-2-4-8-16)20(23)22-13-18-10-5-9-17-11-6-12-21-19(17)18/h2-12,15H,13-14H2,1H3,(H,22,23). The molecule has 3 aromatic rings. The molecule has 0 aliphatic rings. The molecule has 0 fully saturated rings. The monoisotopic (exact) mass is 320 g/mol. The van der Waals surface area contributed by atoms with Crippen molar-refractivity contribution in [2.75, 3.05) is 0 Å². The van der Waals surface area contributed by atoms with E-state index in [1.54, 1.807) is 13.1 Å². The Morgan fingerprint density at radius 2 is 1.88 bits per heavy atom. The maximum absolute atomic E-state index is 12.2. The van der Waals surface area contributed by atoms with E-state index in [0.717, 1.165) is 22.0 Å². The number of aromatic nitrogens is 1. The largest absolute Gasteiger partial charge is 0.364 e. The van der Waals surface area contributed by atoms with Crippen LogP contribution in [0.15, 0.2) is 66.9 Å². The Labute approximate surface area is 141 Å². The SMILES string of the molecule is CC(OCc1ccccc1)C(=O)NCc1cccc2cccnc12. The average molecular weight is 320 g/mol. The van der Waals surface area contributed by atoms with Gasteiger partial charge in [-0.05, 0) is 24.1 Å². The minimum atomic E-state index is -0.506. The van der Waals surface area contributed by atoms with Gasteiger partial charge < -0.3 is 10.1 Å². The van der Waals surface area contributed by atoms with E-state index in [-0.39, 0.29) is 5.91 Å². The maximum Gasteiger partial charge on any atom is 0.249 e.